The zero-order valence-corrected chi connectivity index (χ0v) is 17.6. The minimum absolute atomic E-state index is 0.0387. The van der Waals surface area contributed by atoms with Gasteiger partial charge in [-0.25, -0.2) is 9.78 Å². The fourth-order valence-corrected chi connectivity index (χ4v) is 2.58. The summed E-state index contributed by atoms with van der Waals surface area (Å²) in [6.45, 7) is 2.56. The molecule has 0 spiro atoms. The largest absolute Gasteiger partial charge is 0.481 e. The number of H-pyrrole nitrogens is 1. The predicted molar refractivity (Wildman–Crippen MR) is 108 cm³/mol. The SMILES string of the molecule is CC(N)C(=O)NC(Cc1cnc[nH]1)C(=O)NC(CCC(=O)O)C(=O)NC(C(=O)O)C(C)O. The van der Waals surface area contributed by atoms with Crippen LogP contribution in [0.1, 0.15) is 32.4 Å². The van der Waals surface area contributed by atoms with E-state index in [1.54, 1.807) is 0 Å². The molecule has 0 saturated heterocycles. The van der Waals surface area contributed by atoms with E-state index in [1.165, 1.54) is 19.4 Å². The maximum Gasteiger partial charge on any atom is 0.328 e. The molecule has 0 aliphatic rings. The van der Waals surface area contributed by atoms with Crippen LogP contribution in [0.2, 0.25) is 0 Å². The lowest BCUT2D eigenvalue weighted by molar-refractivity contribution is -0.145. The number of hydrogen-bond acceptors (Lipinski definition) is 8. The van der Waals surface area contributed by atoms with Crippen molar-refractivity contribution in [2.75, 3.05) is 0 Å². The Kier molecular flexibility index (Phi) is 10.2. The first-order valence-corrected chi connectivity index (χ1v) is 9.69. The van der Waals surface area contributed by atoms with Crippen LogP contribution in [0.15, 0.2) is 12.5 Å². The molecule has 5 atom stereocenters. The molecule has 0 aliphatic heterocycles. The maximum absolute atomic E-state index is 12.8. The summed E-state index contributed by atoms with van der Waals surface area (Å²) in [5, 5.41) is 34.5. The van der Waals surface area contributed by atoms with Gasteiger partial charge in [-0.15, -0.1) is 0 Å². The van der Waals surface area contributed by atoms with Crippen LogP contribution in [0.3, 0.4) is 0 Å². The van der Waals surface area contributed by atoms with Gasteiger partial charge in [-0.1, -0.05) is 0 Å². The second-order valence-electron chi connectivity index (χ2n) is 7.19. The molecule has 32 heavy (non-hydrogen) atoms. The summed E-state index contributed by atoms with van der Waals surface area (Å²) in [6, 6.07) is -5.25. The second kappa shape index (κ2) is 12.4. The number of nitrogens with two attached hydrogens (primary N) is 1. The quantitative estimate of drug-likeness (QED) is 0.150. The molecule has 0 bridgehead atoms. The van der Waals surface area contributed by atoms with Gasteiger partial charge in [0, 0.05) is 24.7 Å². The molecule has 0 saturated carbocycles. The topological polar surface area (TPSA) is 237 Å². The Labute approximate surface area is 183 Å². The standard InChI is InChI=1S/C18H28N6O8/c1-8(19)15(28)23-12(5-10-6-20-7-21-10)17(30)22-11(3-4-13(26)27)16(29)24-14(9(2)25)18(31)32/h6-9,11-12,14,25H,3-5,19H2,1-2H3,(H,20,21)(H,22,30)(H,23,28)(H,24,29)(H,26,27)(H,31,32). The van der Waals surface area contributed by atoms with Crippen molar-refractivity contribution >= 4 is 29.7 Å². The van der Waals surface area contributed by atoms with E-state index in [0.29, 0.717) is 5.69 Å². The Morgan fingerprint density at radius 1 is 1.03 bits per heavy atom. The average Bonchev–Trinajstić information content (AvgIpc) is 3.20. The molecule has 1 aromatic rings. The molecule has 0 aromatic carbocycles. The lowest BCUT2D eigenvalue weighted by Gasteiger charge is -2.25. The number of aliphatic hydroxyl groups excluding tert-OH is 1. The van der Waals surface area contributed by atoms with Crippen molar-refractivity contribution in [1.82, 2.24) is 25.9 Å². The molecule has 1 rings (SSSR count). The smallest absolute Gasteiger partial charge is 0.328 e. The van der Waals surface area contributed by atoms with Gasteiger partial charge in [0.15, 0.2) is 6.04 Å². The fraction of sp³-hybridized carbons (Fsp3) is 0.556. The van der Waals surface area contributed by atoms with E-state index >= 15 is 0 Å². The molecule has 3 amide bonds. The molecule has 1 aromatic heterocycles. The Morgan fingerprint density at radius 2 is 1.62 bits per heavy atom. The van der Waals surface area contributed by atoms with Crippen molar-refractivity contribution in [3.05, 3.63) is 18.2 Å². The molecule has 14 heteroatoms. The number of carboxylic acids is 2. The first kappa shape index (κ1) is 26.5. The third-order valence-electron chi connectivity index (χ3n) is 4.35. The van der Waals surface area contributed by atoms with Crippen LogP contribution in [-0.4, -0.2) is 85.2 Å². The van der Waals surface area contributed by atoms with Crippen molar-refractivity contribution < 1.29 is 39.3 Å². The Hall–Kier alpha value is -3.52. The number of aromatic amines is 1. The number of aromatic nitrogens is 2. The first-order valence-electron chi connectivity index (χ1n) is 9.69. The summed E-state index contributed by atoms with van der Waals surface area (Å²) in [4.78, 5) is 66.2. The van der Waals surface area contributed by atoms with Gasteiger partial charge in [-0.05, 0) is 20.3 Å². The van der Waals surface area contributed by atoms with Crippen molar-refractivity contribution in [3.8, 4) is 0 Å². The molecular weight excluding hydrogens is 428 g/mol. The van der Waals surface area contributed by atoms with Crippen LogP contribution >= 0.6 is 0 Å². The van der Waals surface area contributed by atoms with E-state index < -0.39 is 66.4 Å². The van der Waals surface area contributed by atoms with Crippen molar-refractivity contribution in [3.63, 3.8) is 0 Å². The highest BCUT2D eigenvalue weighted by Gasteiger charge is 2.32. The normalized spacial score (nSPS) is 15.5. The third-order valence-corrected chi connectivity index (χ3v) is 4.35. The molecule has 5 unspecified atom stereocenters. The van der Waals surface area contributed by atoms with Crippen LogP contribution in [-0.2, 0) is 30.4 Å². The Bertz CT molecular complexity index is 810. The molecule has 0 aliphatic carbocycles. The van der Waals surface area contributed by atoms with Crippen LogP contribution in [0, 0.1) is 0 Å². The number of carbonyl (C=O) groups is 5. The van der Waals surface area contributed by atoms with E-state index in [9.17, 15) is 29.1 Å². The van der Waals surface area contributed by atoms with Crippen molar-refractivity contribution in [2.45, 2.75) is 63.4 Å². The van der Waals surface area contributed by atoms with E-state index in [4.69, 9.17) is 15.9 Å². The van der Waals surface area contributed by atoms with E-state index in [0.717, 1.165) is 6.92 Å². The highest BCUT2D eigenvalue weighted by molar-refractivity contribution is 5.94. The minimum atomic E-state index is -1.68. The number of nitrogens with one attached hydrogen (secondary N) is 4. The lowest BCUT2D eigenvalue weighted by atomic mass is 10.1. The summed E-state index contributed by atoms with van der Waals surface area (Å²) in [5.41, 5.74) is 6.01. The molecule has 9 N–H and O–H groups in total. The summed E-state index contributed by atoms with van der Waals surface area (Å²) in [5.74, 6) is -5.24. The molecule has 0 fully saturated rings. The van der Waals surface area contributed by atoms with Crippen molar-refractivity contribution in [2.24, 2.45) is 5.73 Å². The zero-order chi connectivity index (χ0) is 24.4. The van der Waals surface area contributed by atoms with Gasteiger partial charge < -0.3 is 42.0 Å². The maximum atomic E-state index is 12.8. The number of imidazole rings is 1. The van der Waals surface area contributed by atoms with E-state index in [-0.39, 0.29) is 12.8 Å². The average molecular weight is 456 g/mol. The highest BCUT2D eigenvalue weighted by Crippen LogP contribution is 2.05. The number of aliphatic carboxylic acids is 2. The number of aliphatic hydroxyl groups is 1. The van der Waals surface area contributed by atoms with Crippen LogP contribution in [0.25, 0.3) is 0 Å². The van der Waals surface area contributed by atoms with Gasteiger partial charge >= 0.3 is 11.9 Å². The number of amides is 3. The summed E-state index contributed by atoms with van der Waals surface area (Å²) in [7, 11) is 0. The summed E-state index contributed by atoms with van der Waals surface area (Å²) in [6.07, 6.45) is 0.420. The number of hydrogen-bond donors (Lipinski definition) is 8. The molecule has 14 nitrogen and oxygen atoms in total. The predicted octanol–water partition coefficient (Wildman–Crippen LogP) is -2.92. The van der Waals surface area contributed by atoms with Crippen molar-refractivity contribution in [1.29, 1.82) is 0 Å². The molecule has 178 valence electrons. The number of carboxylic acid groups (broad SMARTS) is 2. The Balaban J connectivity index is 3.04. The van der Waals surface area contributed by atoms with Crippen LogP contribution in [0.4, 0.5) is 0 Å². The third kappa shape index (κ3) is 8.69. The number of rotatable bonds is 13. The zero-order valence-electron chi connectivity index (χ0n) is 17.6. The Morgan fingerprint density at radius 3 is 2.09 bits per heavy atom. The van der Waals surface area contributed by atoms with Crippen LogP contribution < -0.4 is 21.7 Å². The van der Waals surface area contributed by atoms with E-state index in [1.807, 2.05) is 0 Å². The molecular formula is C18H28N6O8. The monoisotopic (exact) mass is 456 g/mol. The number of nitrogens with zero attached hydrogens (tertiary/aromatic N) is 1. The molecule has 0 radical (unpaired) electrons. The summed E-state index contributed by atoms with van der Waals surface area (Å²) < 4.78 is 0. The van der Waals surface area contributed by atoms with Gasteiger partial charge in [0.25, 0.3) is 0 Å². The minimum Gasteiger partial charge on any atom is -0.481 e. The van der Waals surface area contributed by atoms with E-state index in [2.05, 4.69) is 25.9 Å². The fourth-order valence-electron chi connectivity index (χ4n) is 2.58. The van der Waals surface area contributed by atoms with Gasteiger partial charge in [-0.2, -0.15) is 0 Å². The summed E-state index contributed by atoms with van der Waals surface area (Å²) >= 11 is 0. The van der Waals surface area contributed by atoms with Crippen LogP contribution in [0.5, 0.6) is 0 Å². The van der Waals surface area contributed by atoms with Gasteiger partial charge in [0.2, 0.25) is 17.7 Å². The van der Waals surface area contributed by atoms with Gasteiger partial charge in [0.1, 0.15) is 12.1 Å². The lowest BCUT2D eigenvalue weighted by Crippen LogP contribution is -2.58. The number of carbonyl (C=O) groups excluding carboxylic acids is 3. The first-order chi connectivity index (χ1) is 14.9. The van der Waals surface area contributed by atoms with Gasteiger partial charge in [-0.3, -0.25) is 19.2 Å². The van der Waals surface area contributed by atoms with Gasteiger partial charge in [0.05, 0.1) is 18.5 Å². The highest BCUT2D eigenvalue weighted by atomic mass is 16.4. The second-order valence-corrected chi connectivity index (χ2v) is 7.19. The molecule has 1 heterocycles.